The van der Waals surface area contributed by atoms with E-state index >= 15 is 0 Å². The second-order valence-corrected chi connectivity index (χ2v) is 4.22. The van der Waals surface area contributed by atoms with E-state index in [4.69, 9.17) is 0 Å². The lowest BCUT2D eigenvalue weighted by Gasteiger charge is -2.23. The fourth-order valence-electron chi connectivity index (χ4n) is 1.95. The molecule has 0 saturated carbocycles. The average Bonchev–Trinajstić information content (AvgIpc) is 2.28. The maximum Gasteiger partial charge on any atom is 0.389 e. The van der Waals surface area contributed by atoms with E-state index in [9.17, 15) is 17.6 Å². The van der Waals surface area contributed by atoms with Gasteiger partial charge in [-0.05, 0) is 45.2 Å². The van der Waals surface area contributed by atoms with Gasteiger partial charge in [0.15, 0.2) is 0 Å². The second kappa shape index (κ2) is 5.14. The Bertz CT molecular complexity index is 182. The number of alkyl halides is 4. The fourth-order valence-corrected chi connectivity index (χ4v) is 1.95. The van der Waals surface area contributed by atoms with Crippen molar-refractivity contribution in [1.82, 2.24) is 5.32 Å². The highest BCUT2D eigenvalue weighted by atomic mass is 19.4. The van der Waals surface area contributed by atoms with Crippen molar-refractivity contribution in [2.75, 3.05) is 13.1 Å². The van der Waals surface area contributed by atoms with E-state index in [1.54, 1.807) is 0 Å². The molecule has 1 N–H and O–H groups in total. The van der Waals surface area contributed by atoms with Crippen molar-refractivity contribution in [3.05, 3.63) is 0 Å². The first-order chi connectivity index (χ1) is 6.91. The monoisotopic (exact) mass is 227 g/mol. The summed E-state index contributed by atoms with van der Waals surface area (Å²) in [5.74, 6) is 0. The summed E-state index contributed by atoms with van der Waals surface area (Å²) in [5.41, 5.74) is -1.38. The van der Waals surface area contributed by atoms with Gasteiger partial charge in [0.05, 0.1) is 0 Å². The zero-order valence-corrected chi connectivity index (χ0v) is 8.67. The molecule has 1 aliphatic heterocycles. The molecule has 0 aromatic carbocycles. The highest BCUT2D eigenvalue weighted by molar-refractivity contribution is 4.83. The Kier molecular flexibility index (Phi) is 4.37. The van der Waals surface area contributed by atoms with Crippen LogP contribution < -0.4 is 5.32 Å². The van der Waals surface area contributed by atoms with Gasteiger partial charge in [-0.1, -0.05) is 0 Å². The Morgan fingerprint density at radius 2 is 1.87 bits per heavy atom. The Hall–Kier alpha value is -0.320. The van der Waals surface area contributed by atoms with Crippen LogP contribution in [0.15, 0.2) is 0 Å². The summed E-state index contributed by atoms with van der Waals surface area (Å²) in [6, 6.07) is 0. The van der Waals surface area contributed by atoms with Crippen LogP contribution in [-0.2, 0) is 0 Å². The van der Waals surface area contributed by atoms with Gasteiger partial charge < -0.3 is 5.32 Å². The van der Waals surface area contributed by atoms with Crippen molar-refractivity contribution in [1.29, 1.82) is 0 Å². The molecule has 1 atom stereocenters. The van der Waals surface area contributed by atoms with Gasteiger partial charge in [0.2, 0.25) is 0 Å². The summed E-state index contributed by atoms with van der Waals surface area (Å²) in [7, 11) is 0. The van der Waals surface area contributed by atoms with Gasteiger partial charge in [-0.15, -0.1) is 0 Å². The third-order valence-corrected chi connectivity index (χ3v) is 2.81. The Balaban J connectivity index is 2.28. The predicted molar refractivity (Wildman–Crippen MR) is 50.5 cm³/mol. The summed E-state index contributed by atoms with van der Waals surface area (Å²) in [6.45, 7) is 1.34. The van der Waals surface area contributed by atoms with Gasteiger partial charge in [0, 0.05) is 6.42 Å². The maximum atomic E-state index is 14.0. The minimum atomic E-state index is -4.15. The highest BCUT2D eigenvalue weighted by Gasteiger charge is 2.33. The average molecular weight is 227 g/mol. The number of hydrogen-bond acceptors (Lipinski definition) is 1. The first-order valence-electron chi connectivity index (χ1n) is 5.38. The van der Waals surface area contributed by atoms with Crippen LogP contribution >= 0.6 is 0 Å². The molecule has 1 aliphatic rings. The molecule has 1 unspecified atom stereocenters. The SMILES string of the molecule is FC(F)(F)CCCC1(F)CCCNCC1. The molecule has 0 aromatic rings. The van der Waals surface area contributed by atoms with Gasteiger partial charge in [0.25, 0.3) is 0 Å². The van der Waals surface area contributed by atoms with E-state index in [0.717, 1.165) is 6.54 Å². The van der Waals surface area contributed by atoms with Crippen LogP contribution in [0.1, 0.15) is 38.5 Å². The molecule has 90 valence electrons. The number of nitrogens with one attached hydrogen (secondary N) is 1. The molecular formula is C10H17F4N. The quantitative estimate of drug-likeness (QED) is 0.730. The van der Waals surface area contributed by atoms with Gasteiger partial charge in [-0.2, -0.15) is 13.2 Å². The molecule has 15 heavy (non-hydrogen) atoms. The second-order valence-electron chi connectivity index (χ2n) is 4.22. The number of rotatable bonds is 3. The van der Waals surface area contributed by atoms with E-state index in [-0.39, 0.29) is 12.8 Å². The van der Waals surface area contributed by atoms with Crippen LogP contribution in [0.5, 0.6) is 0 Å². The van der Waals surface area contributed by atoms with E-state index in [2.05, 4.69) is 5.32 Å². The molecule has 5 heteroatoms. The fraction of sp³-hybridized carbons (Fsp3) is 1.00. The standard InChI is InChI=1S/C10H17F4N/c11-9(3-1-5-10(12,13)14)4-2-7-15-8-6-9/h15H,1-8H2. The van der Waals surface area contributed by atoms with Crippen molar-refractivity contribution < 1.29 is 17.6 Å². The zero-order chi connectivity index (χ0) is 11.4. The van der Waals surface area contributed by atoms with Crippen molar-refractivity contribution >= 4 is 0 Å². The minimum absolute atomic E-state index is 0.0359. The third kappa shape index (κ3) is 5.35. The van der Waals surface area contributed by atoms with Crippen LogP contribution in [0, 0.1) is 0 Å². The smallest absolute Gasteiger partial charge is 0.317 e. The van der Waals surface area contributed by atoms with Gasteiger partial charge in [-0.25, -0.2) is 4.39 Å². The van der Waals surface area contributed by atoms with E-state index < -0.39 is 18.3 Å². The summed E-state index contributed by atoms with van der Waals surface area (Å²) in [4.78, 5) is 0. The molecule has 0 spiro atoms. The molecule has 0 aliphatic carbocycles. The Labute approximate surface area is 87.2 Å². The van der Waals surface area contributed by atoms with E-state index in [1.165, 1.54) is 0 Å². The number of hydrogen-bond donors (Lipinski definition) is 1. The molecule has 1 fully saturated rings. The maximum absolute atomic E-state index is 14.0. The molecule has 1 nitrogen and oxygen atoms in total. The van der Waals surface area contributed by atoms with E-state index in [0.29, 0.717) is 25.8 Å². The molecule has 0 bridgehead atoms. The van der Waals surface area contributed by atoms with Crippen LogP contribution in [0.25, 0.3) is 0 Å². The summed E-state index contributed by atoms with van der Waals surface area (Å²) < 4.78 is 49.6. The Morgan fingerprint density at radius 3 is 2.53 bits per heavy atom. The van der Waals surface area contributed by atoms with Crippen molar-refractivity contribution in [2.24, 2.45) is 0 Å². The van der Waals surface area contributed by atoms with Crippen molar-refractivity contribution in [2.45, 2.75) is 50.4 Å². The first-order valence-corrected chi connectivity index (χ1v) is 5.38. The normalized spacial score (nSPS) is 28.8. The van der Waals surface area contributed by atoms with Crippen molar-refractivity contribution in [3.8, 4) is 0 Å². The minimum Gasteiger partial charge on any atom is -0.317 e. The first kappa shape index (κ1) is 12.7. The molecule has 0 aromatic heterocycles. The molecule has 0 radical (unpaired) electrons. The van der Waals surface area contributed by atoms with Crippen LogP contribution in [-0.4, -0.2) is 24.9 Å². The number of halogens is 4. The van der Waals surface area contributed by atoms with Crippen molar-refractivity contribution in [3.63, 3.8) is 0 Å². The van der Waals surface area contributed by atoms with Gasteiger partial charge in [-0.3, -0.25) is 0 Å². The molecular weight excluding hydrogens is 210 g/mol. The largest absolute Gasteiger partial charge is 0.389 e. The molecule has 1 heterocycles. The molecule has 0 amide bonds. The summed E-state index contributed by atoms with van der Waals surface area (Å²) in [6.07, 6.45) is -3.65. The summed E-state index contributed by atoms with van der Waals surface area (Å²) in [5, 5.41) is 3.05. The zero-order valence-electron chi connectivity index (χ0n) is 8.67. The lowest BCUT2D eigenvalue weighted by atomic mass is 9.91. The van der Waals surface area contributed by atoms with Gasteiger partial charge >= 0.3 is 6.18 Å². The predicted octanol–water partition coefficient (Wildman–Crippen LogP) is 3.20. The lowest BCUT2D eigenvalue weighted by Crippen LogP contribution is -2.25. The Morgan fingerprint density at radius 1 is 1.13 bits per heavy atom. The highest BCUT2D eigenvalue weighted by Crippen LogP contribution is 2.32. The molecule has 1 rings (SSSR count). The molecule has 1 saturated heterocycles. The van der Waals surface area contributed by atoms with Crippen LogP contribution in [0.4, 0.5) is 17.6 Å². The van der Waals surface area contributed by atoms with Crippen LogP contribution in [0.3, 0.4) is 0 Å². The summed E-state index contributed by atoms with van der Waals surface area (Å²) >= 11 is 0. The lowest BCUT2D eigenvalue weighted by molar-refractivity contribution is -0.137. The van der Waals surface area contributed by atoms with Gasteiger partial charge in [0.1, 0.15) is 5.67 Å². The van der Waals surface area contributed by atoms with E-state index in [1.807, 2.05) is 0 Å². The topological polar surface area (TPSA) is 12.0 Å². The van der Waals surface area contributed by atoms with Crippen LogP contribution in [0.2, 0.25) is 0 Å². The third-order valence-electron chi connectivity index (χ3n) is 2.81.